The maximum absolute atomic E-state index is 12.0. The molecule has 0 unspecified atom stereocenters. The van der Waals surface area contributed by atoms with E-state index in [9.17, 15) is 9.90 Å². The summed E-state index contributed by atoms with van der Waals surface area (Å²) >= 11 is 5.82. The van der Waals surface area contributed by atoms with E-state index >= 15 is 0 Å². The predicted octanol–water partition coefficient (Wildman–Crippen LogP) is 1.10. The first-order chi connectivity index (χ1) is 10.2. The minimum Gasteiger partial charge on any atom is -0.444 e. The van der Waals surface area contributed by atoms with E-state index in [0.717, 1.165) is 0 Å². The number of amides is 1. The normalized spacial score (nSPS) is 21.8. The topological polar surface area (TPSA) is 114 Å². The second-order valence-corrected chi connectivity index (χ2v) is 6.49. The predicted molar refractivity (Wildman–Crippen MR) is 82.7 cm³/mol. The van der Waals surface area contributed by atoms with Crippen LogP contribution in [0.15, 0.2) is 6.33 Å². The van der Waals surface area contributed by atoms with Crippen LogP contribution in [0.25, 0.3) is 0 Å². The average molecular weight is 330 g/mol. The molecule has 1 saturated heterocycles. The molecule has 1 aliphatic heterocycles. The van der Waals surface area contributed by atoms with Crippen LogP contribution in [0.1, 0.15) is 20.8 Å². The lowest BCUT2D eigenvalue weighted by atomic mass is 10.2. The van der Waals surface area contributed by atoms with Crippen molar-refractivity contribution in [3.05, 3.63) is 11.5 Å². The Bertz CT molecular complexity index is 563. The molecule has 1 fully saturated rings. The Morgan fingerprint density at radius 3 is 2.82 bits per heavy atom. The van der Waals surface area contributed by atoms with Crippen molar-refractivity contribution >= 4 is 29.2 Å². The monoisotopic (exact) mass is 329 g/mol. The average Bonchev–Trinajstić information content (AvgIpc) is 2.75. The van der Waals surface area contributed by atoms with Crippen LogP contribution in [0.4, 0.5) is 16.3 Å². The highest BCUT2D eigenvalue weighted by Crippen LogP contribution is 2.25. The lowest BCUT2D eigenvalue weighted by Gasteiger charge is -2.24. The van der Waals surface area contributed by atoms with Crippen LogP contribution < -0.4 is 11.1 Å². The minimum atomic E-state index is -0.763. The largest absolute Gasteiger partial charge is 0.444 e. The fourth-order valence-corrected chi connectivity index (χ4v) is 2.20. The van der Waals surface area contributed by atoms with E-state index in [1.807, 2.05) is 0 Å². The molecule has 8 nitrogen and oxygen atoms in total. The molecule has 0 aliphatic carbocycles. The molecule has 1 amide bonds. The number of ether oxygens (including phenoxy) is 1. The highest BCUT2D eigenvalue weighted by Gasteiger charge is 2.36. The number of β-amino-alcohol motifs (C(OH)–C–C–N with tert-alkyl or cyclic N) is 1. The van der Waals surface area contributed by atoms with Crippen LogP contribution >= 0.6 is 11.6 Å². The summed E-state index contributed by atoms with van der Waals surface area (Å²) in [6.07, 6.45) is 0.0405. The molecule has 9 heteroatoms. The minimum absolute atomic E-state index is 0.133. The Labute approximate surface area is 133 Å². The van der Waals surface area contributed by atoms with Crippen molar-refractivity contribution in [1.29, 1.82) is 0 Å². The van der Waals surface area contributed by atoms with Gasteiger partial charge in [-0.05, 0) is 20.8 Å². The van der Waals surface area contributed by atoms with E-state index in [-0.39, 0.29) is 23.9 Å². The molecule has 1 aromatic rings. The molecular formula is C13H20ClN5O3. The summed E-state index contributed by atoms with van der Waals surface area (Å²) in [5.74, 6) is 0.329. The number of aliphatic hydroxyl groups is 1. The van der Waals surface area contributed by atoms with Crippen molar-refractivity contribution in [1.82, 2.24) is 14.9 Å². The van der Waals surface area contributed by atoms with Gasteiger partial charge >= 0.3 is 6.09 Å². The molecule has 2 atom stereocenters. The van der Waals surface area contributed by atoms with E-state index in [2.05, 4.69) is 15.3 Å². The number of carbonyl (C=O) groups is 1. The Balaban J connectivity index is 2.02. The van der Waals surface area contributed by atoms with Gasteiger partial charge in [0.05, 0.1) is 18.7 Å². The van der Waals surface area contributed by atoms with Gasteiger partial charge in [0, 0.05) is 6.54 Å². The third kappa shape index (κ3) is 3.89. The van der Waals surface area contributed by atoms with Gasteiger partial charge in [-0.25, -0.2) is 14.8 Å². The molecule has 1 aliphatic rings. The Kier molecular flexibility index (Phi) is 4.62. The van der Waals surface area contributed by atoms with Gasteiger partial charge in [-0.2, -0.15) is 0 Å². The van der Waals surface area contributed by atoms with Gasteiger partial charge in [0.1, 0.15) is 17.6 Å². The molecule has 0 radical (unpaired) electrons. The number of likely N-dealkylation sites (tertiary alicyclic amines) is 1. The van der Waals surface area contributed by atoms with Crippen molar-refractivity contribution in [2.75, 3.05) is 24.1 Å². The number of carbonyl (C=O) groups excluding carboxylic acids is 1. The second kappa shape index (κ2) is 6.13. The van der Waals surface area contributed by atoms with E-state index in [0.29, 0.717) is 5.82 Å². The van der Waals surface area contributed by atoms with Crippen LogP contribution in [-0.2, 0) is 4.74 Å². The van der Waals surface area contributed by atoms with E-state index in [4.69, 9.17) is 22.1 Å². The first kappa shape index (κ1) is 16.6. The van der Waals surface area contributed by atoms with Crippen molar-refractivity contribution in [2.45, 2.75) is 38.5 Å². The van der Waals surface area contributed by atoms with Crippen LogP contribution in [0.3, 0.4) is 0 Å². The molecule has 4 N–H and O–H groups in total. The number of rotatable bonds is 2. The first-order valence-corrected chi connectivity index (χ1v) is 7.23. The summed E-state index contributed by atoms with van der Waals surface area (Å²) in [4.78, 5) is 21.2. The quantitative estimate of drug-likeness (QED) is 0.696. The number of nitrogens with zero attached hydrogens (tertiary/aromatic N) is 3. The van der Waals surface area contributed by atoms with Gasteiger partial charge in [-0.3, -0.25) is 0 Å². The highest BCUT2D eigenvalue weighted by molar-refractivity contribution is 6.32. The number of halogens is 1. The van der Waals surface area contributed by atoms with Gasteiger partial charge < -0.3 is 25.8 Å². The maximum atomic E-state index is 12.0. The van der Waals surface area contributed by atoms with Crippen molar-refractivity contribution < 1.29 is 14.6 Å². The molecule has 0 spiro atoms. The molecule has 0 saturated carbocycles. The van der Waals surface area contributed by atoms with Gasteiger partial charge in [0.2, 0.25) is 0 Å². The third-order valence-corrected chi connectivity index (χ3v) is 3.40. The van der Waals surface area contributed by atoms with Crippen LogP contribution in [-0.4, -0.2) is 56.9 Å². The number of aliphatic hydroxyl groups excluding tert-OH is 1. The molecule has 2 rings (SSSR count). The summed E-state index contributed by atoms with van der Waals surface area (Å²) in [6, 6.07) is -0.416. The van der Waals surface area contributed by atoms with Crippen molar-refractivity contribution in [3.63, 3.8) is 0 Å². The Morgan fingerprint density at radius 2 is 2.18 bits per heavy atom. The van der Waals surface area contributed by atoms with Crippen LogP contribution in [0.5, 0.6) is 0 Å². The number of hydrogen-bond donors (Lipinski definition) is 3. The van der Waals surface area contributed by atoms with E-state index in [1.54, 1.807) is 20.8 Å². The van der Waals surface area contributed by atoms with E-state index < -0.39 is 23.8 Å². The summed E-state index contributed by atoms with van der Waals surface area (Å²) in [6.45, 7) is 5.81. The van der Waals surface area contributed by atoms with Gasteiger partial charge in [0.25, 0.3) is 0 Å². The SMILES string of the molecule is CC(C)(C)OC(=O)N1C[C@@H](O)[C@@H](Nc2ncnc(Cl)c2N)C1. The van der Waals surface area contributed by atoms with Gasteiger partial charge in [-0.15, -0.1) is 0 Å². The fraction of sp³-hybridized carbons (Fsp3) is 0.615. The number of nitrogens with two attached hydrogens (primary N) is 1. The van der Waals surface area contributed by atoms with Gasteiger partial charge in [0.15, 0.2) is 11.0 Å². The van der Waals surface area contributed by atoms with Gasteiger partial charge in [-0.1, -0.05) is 11.6 Å². The zero-order chi connectivity index (χ0) is 16.5. The lowest BCUT2D eigenvalue weighted by molar-refractivity contribution is 0.0270. The molecule has 2 heterocycles. The molecule has 1 aromatic heterocycles. The number of hydrogen-bond acceptors (Lipinski definition) is 7. The van der Waals surface area contributed by atoms with E-state index in [1.165, 1.54) is 11.2 Å². The lowest BCUT2D eigenvalue weighted by Crippen LogP contribution is -2.36. The molecular weight excluding hydrogens is 310 g/mol. The fourth-order valence-electron chi connectivity index (χ4n) is 2.07. The molecule has 0 aromatic carbocycles. The second-order valence-electron chi connectivity index (χ2n) is 6.13. The zero-order valence-corrected chi connectivity index (χ0v) is 13.5. The Hall–Kier alpha value is -1.80. The summed E-state index contributed by atoms with van der Waals surface area (Å²) in [5.41, 5.74) is 5.39. The Morgan fingerprint density at radius 1 is 1.50 bits per heavy atom. The number of anilines is 2. The van der Waals surface area contributed by atoms with Crippen LogP contribution in [0, 0.1) is 0 Å². The standard InChI is InChI=1S/C13H20ClN5O3/c1-13(2,3)22-12(21)19-4-7(8(20)5-19)18-11-9(15)10(14)16-6-17-11/h6-8,20H,4-5,15H2,1-3H3,(H,16,17,18)/t7-,8+/m0/s1. The molecule has 22 heavy (non-hydrogen) atoms. The summed E-state index contributed by atoms with van der Waals surface area (Å²) < 4.78 is 5.29. The van der Waals surface area contributed by atoms with Crippen LogP contribution in [0.2, 0.25) is 5.15 Å². The number of aromatic nitrogens is 2. The van der Waals surface area contributed by atoms with Crippen molar-refractivity contribution in [3.8, 4) is 0 Å². The summed E-state index contributed by atoms with van der Waals surface area (Å²) in [7, 11) is 0. The summed E-state index contributed by atoms with van der Waals surface area (Å²) in [5, 5.41) is 13.2. The highest BCUT2D eigenvalue weighted by atomic mass is 35.5. The zero-order valence-electron chi connectivity index (χ0n) is 12.7. The molecule has 0 bridgehead atoms. The molecule has 122 valence electrons. The number of nitrogens with one attached hydrogen (secondary N) is 1. The first-order valence-electron chi connectivity index (χ1n) is 6.86. The van der Waals surface area contributed by atoms with Crippen molar-refractivity contribution in [2.24, 2.45) is 0 Å². The number of nitrogen functional groups attached to an aromatic ring is 1. The smallest absolute Gasteiger partial charge is 0.410 e. The third-order valence-electron chi connectivity index (χ3n) is 3.10. The maximum Gasteiger partial charge on any atom is 0.410 e.